The molecule has 0 fully saturated rings. The number of phenols is 1. The van der Waals surface area contributed by atoms with Gasteiger partial charge in [0.2, 0.25) is 0 Å². The summed E-state index contributed by atoms with van der Waals surface area (Å²) in [5.41, 5.74) is 4.00. The Hall–Kier alpha value is -3.44. The number of ether oxygens (including phenoxy) is 2. The second-order valence-electron chi connectivity index (χ2n) is 7.18. The molecular formula is C25H27N2O3+. The Kier molecular flexibility index (Phi) is 5.91. The molecule has 2 atom stereocenters. The molecular weight excluding hydrogens is 376 g/mol. The molecule has 5 nitrogen and oxygen atoms in total. The van der Waals surface area contributed by atoms with Gasteiger partial charge in [0.05, 0.1) is 24.8 Å². The number of nitrogens with one attached hydrogen (secondary N) is 1. The van der Waals surface area contributed by atoms with Crippen LogP contribution in [0.1, 0.15) is 35.8 Å². The number of nitrogens with two attached hydrogens (primary N) is 1. The Morgan fingerprint density at radius 2 is 1.63 bits per heavy atom. The van der Waals surface area contributed by atoms with Crippen LogP contribution in [0.15, 0.2) is 78.9 Å². The number of phenolic OH excluding ortho intramolecular Hbond substituents is 1. The molecule has 4 N–H and O–H groups in total. The third kappa shape index (κ3) is 4.11. The topological polar surface area (TPSA) is 67.3 Å². The molecule has 0 saturated carbocycles. The monoisotopic (exact) mass is 403 g/mol. The number of rotatable bonds is 6. The number of benzene rings is 3. The lowest BCUT2D eigenvalue weighted by Gasteiger charge is -2.30. The number of hydrogen-bond acceptors (Lipinski definition) is 4. The number of para-hydroxylation sites is 2. The van der Waals surface area contributed by atoms with E-state index in [0.717, 1.165) is 33.9 Å². The van der Waals surface area contributed by atoms with Crippen LogP contribution in [0.4, 0.5) is 0 Å². The number of aromatic hydroxyl groups is 1. The quantitative estimate of drug-likeness (QED) is 0.587. The van der Waals surface area contributed by atoms with Crippen LogP contribution in [0.3, 0.4) is 0 Å². The maximum absolute atomic E-state index is 10.5. The summed E-state index contributed by atoms with van der Waals surface area (Å²) in [5.74, 6) is 1.97. The average Bonchev–Trinajstić information content (AvgIpc) is 2.80. The van der Waals surface area contributed by atoms with Crippen LogP contribution in [-0.4, -0.2) is 18.8 Å². The molecule has 5 heteroatoms. The second-order valence-corrected chi connectivity index (χ2v) is 7.18. The van der Waals surface area contributed by atoms with Gasteiger partial charge in [-0.1, -0.05) is 24.3 Å². The minimum absolute atomic E-state index is 0.0519. The van der Waals surface area contributed by atoms with Crippen molar-refractivity contribution in [1.82, 2.24) is 5.32 Å². The predicted molar refractivity (Wildman–Crippen MR) is 117 cm³/mol. The van der Waals surface area contributed by atoms with Crippen LogP contribution in [0, 0.1) is 0 Å². The Balaban J connectivity index is 1.74. The van der Waals surface area contributed by atoms with Gasteiger partial charge in [-0.05, 0) is 61.0 Å². The van der Waals surface area contributed by atoms with Crippen LogP contribution < -0.4 is 20.1 Å². The van der Waals surface area contributed by atoms with Crippen molar-refractivity contribution < 1.29 is 19.9 Å². The van der Waals surface area contributed by atoms with E-state index in [1.807, 2.05) is 55.5 Å². The first-order valence-electron chi connectivity index (χ1n) is 10.2. The van der Waals surface area contributed by atoms with Gasteiger partial charge < -0.3 is 25.2 Å². The highest BCUT2D eigenvalue weighted by Crippen LogP contribution is 2.31. The third-order valence-corrected chi connectivity index (χ3v) is 5.30. The standard InChI is InChI=1S/C25H26N2O3/c1-3-30-18-14-12-17(13-15-18)21-16-22(19-8-4-6-10-23(19)28)27-25(26-21)20-9-5-7-11-24(20)29-2/h4-16,22,25-28H,3H2,1-2H3/p+1. The third-order valence-electron chi connectivity index (χ3n) is 5.30. The molecule has 0 bridgehead atoms. The van der Waals surface area contributed by atoms with Crippen molar-refractivity contribution in [3.63, 3.8) is 0 Å². The van der Waals surface area contributed by atoms with Crippen LogP contribution in [-0.2, 0) is 0 Å². The van der Waals surface area contributed by atoms with Gasteiger partial charge >= 0.3 is 0 Å². The summed E-state index contributed by atoms with van der Waals surface area (Å²) in [4.78, 5) is 0. The first-order valence-corrected chi connectivity index (χ1v) is 10.2. The van der Waals surface area contributed by atoms with Crippen molar-refractivity contribution in [2.75, 3.05) is 13.7 Å². The molecule has 0 aliphatic carbocycles. The molecule has 4 rings (SSSR count). The molecule has 154 valence electrons. The average molecular weight is 404 g/mol. The van der Waals surface area contributed by atoms with Gasteiger partial charge in [-0.25, -0.2) is 0 Å². The maximum Gasteiger partial charge on any atom is 0.190 e. The number of quaternary nitrogens is 1. The first kappa shape index (κ1) is 19.9. The van der Waals surface area contributed by atoms with E-state index in [0.29, 0.717) is 12.4 Å². The largest absolute Gasteiger partial charge is 0.507 e. The number of hydrogen-bond donors (Lipinski definition) is 3. The molecule has 2 unspecified atom stereocenters. The van der Waals surface area contributed by atoms with Crippen molar-refractivity contribution in [3.8, 4) is 17.2 Å². The van der Waals surface area contributed by atoms with Gasteiger partial charge in [-0.2, -0.15) is 0 Å². The van der Waals surface area contributed by atoms with Crippen molar-refractivity contribution in [2.24, 2.45) is 0 Å². The van der Waals surface area contributed by atoms with E-state index < -0.39 is 0 Å². The summed E-state index contributed by atoms with van der Waals surface area (Å²) in [5, 5.41) is 16.3. The normalized spacial score (nSPS) is 18.3. The highest BCUT2D eigenvalue weighted by Gasteiger charge is 2.30. The van der Waals surface area contributed by atoms with Gasteiger partial charge in [0.15, 0.2) is 6.17 Å². The SMILES string of the molecule is CCOc1ccc(C2=CC(c3ccccc3O)[NH2+]C(c3ccccc3OC)N2)cc1. The van der Waals surface area contributed by atoms with Gasteiger partial charge in [0.25, 0.3) is 0 Å². The summed E-state index contributed by atoms with van der Waals surface area (Å²) in [6.45, 7) is 2.62. The van der Waals surface area contributed by atoms with E-state index in [1.165, 1.54) is 0 Å². The fraction of sp³-hybridized carbons (Fsp3) is 0.200. The Morgan fingerprint density at radius 1 is 0.933 bits per heavy atom. The van der Waals surface area contributed by atoms with Crippen molar-refractivity contribution >= 4 is 5.70 Å². The van der Waals surface area contributed by atoms with Crippen molar-refractivity contribution in [2.45, 2.75) is 19.1 Å². The van der Waals surface area contributed by atoms with Crippen LogP contribution in [0.5, 0.6) is 17.2 Å². The molecule has 1 heterocycles. The van der Waals surface area contributed by atoms with Crippen LogP contribution in [0.2, 0.25) is 0 Å². The van der Waals surface area contributed by atoms with E-state index >= 15 is 0 Å². The first-order chi connectivity index (χ1) is 14.7. The molecule has 0 spiro atoms. The lowest BCUT2D eigenvalue weighted by atomic mass is 9.97. The molecule has 1 aliphatic rings. The highest BCUT2D eigenvalue weighted by molar-refractivity contribution is 5.66. The molecule has 0 aromatic heterocycles. The molecule has 1 aliphatic heterocycles. The smallest absolute Gasteiger partial charge is 0.190 e. The highest BCUT2D eigenvalue weighted by atomic mass is 16.5. The maximum atomic E-state index is 10.5. The Labute approximate surface area is 177 Å². The fourth-order valence-corrected chi connectivity index (χ4v) is 3.85. The predicted octanol–water partition coefficient (Wildman–Crippen LogP) is 3.75. The second kappa shape index (κ2) is 8.93. The number of methoxy groups -OCH3 is 1. The molecule has 0 radical (unpaired) electrons. The van der Waals surface area contributed by atoms with Crippen LogP contribution >= 0.6 is 0 Å². The summed E-state index contributed by atoms with van der Waals surface area (Å²) in [6.07, 6.45) is 2.08. The van der Waals surface area contributed by atoms with Crippen LogP contribution in [0.25, 0.3) is 5.70 Å². The van der Waals surface area contributed by atoms with Gasteiger partial charge in [0.1, 0.15) is 23.3 Å². The van der Waals surface area contributed by atoms with E-state index in [4.69, 9.17) is 9.47 Å². The van der Waals surface area contributed by atoms with Crippen molar-refractivity contribution in [3.05, 3.63) is 95.6 Å². The van der Waals surface area contributed by atoms with E-state index in [-0.39, 0.29) is 12.2 Å². The zero-order valence-electron chi connectivity index (χ0n) is 17.2. The van der Waals surface area contributed by atoms with Gasteiger partial charge in [-0.3, -0.25) is 0 Å². The minimum Gasteiger partial charge on any atom is -0.507 e. The fourth-order valence-electron chi connectivity index (χ4n) is 3.85. The van der Waals surface area contributed by atoms with Gasteiger partial charge in [-0.15, -0.1) is 0 Å². The molecule has 3 aromatic carbocycles. The summed E-state index contributed by atoms with van der Waals surface area (Å²) in [6, 6.07) is 23.5. The summed E-state index contributed by atoms with van der Waals surface area (Å²) < 4.78 is 11.2. The molecule has 3 aromatic rings. The van der Waals surface area contributed by atoms with E-state index in [2.05, 4.69) is 34.9 Å². The van der Waals surface area contributed by atoms with Crippen molar-refractivity contribution in [1.29, 1.82) is 0 Å². The summed E-state index contributed by atoms with van der Waals surface area (Å²) >= 11 is 0. The summed E-state index contributed by atoms with van der Waals surface area (Å²) in [7, 11) is 1.69. The minimum atomic E-state index is -0.0719. The van der Waals surface area contributed by atoms with E-state index in [9.17, 15) is 5.11 Å². The zero-order chi connectivity index (χ0) is 20.9. The Bertz CT molecular complexity index is 1030. The zero-order valence-corrected chi connectivity index (χ0v) is 17.2. The molecule has 0 amide bonds. The lowest BCUT2D eigenvalue weighted by molar-refractivity contribution is -0.731. The van der Waals surface area contributed by atoms with Gasteiger partial charge in [0, 0.05) is 11.8 Å². The Morgan fingerprint density at radius 3 is 2.33 bits per heavy atom. The lowest BCUT2D eigenvalue weighted by Crippen LogP contribution is -2.89. The van der Waals surface area contributed by atoms with E-state index in [1.54, 1.807) is 13.2 Å². The molecule has 30 heavy (non-hydrogen) atoms. The molecule has 0 saturated heterocycles.